The monoisotopic (exact) mass is 393 g/mol. The number of hydrogen-bond acceptors (Lipinski definition) is 6. The maximum atomic E-state index is 11.5. The lowest BCUT2D eigenvalue weighted by atomic mass is 10.1. The van der Waals surface area contributed by atoms with E-state index in [2.05, 4.69) is 4.90 Å². The largest absolute Gasteiger partial charge is 0.497 e. The SMILES string of the molecule is CCOC(=O)CCCCc1nc(N(C)c2ccc(OC)cc2)c2ccccc2n1. The maximum Gasteiger partial charge on any atom is 0.305 e. The lowest BCUT2D eigenvalue weighted by molar-refractivity contribution is -0.143. The first-order valence-electron chi connectivity index (χ1n) is 9.91. The average Bonchev–Trinajstić information content (AvgIpc) is 2.76. The van der Waals surface area contributed by atoms with E-state index in [0.717, 1.165) is 46.8 Å². The molecule has 1 aromatic heterocycles. The molecule has 0 N–H and O–H groups in total. The molecule has 0 spiro atoms. The summed E-state index contributed by atoms with van der Waals surface area (Å²) in [5, 5.41) is 1.00. The van der Waals surface area contributed by atoms with Crippen LogP contribution in [0, 0.1) is 0 Å². The predicted octanol–water partition coefficient (Wildman–Crippen LogP) is 4.68. The van der Waals surface area contributed by atoms with Crippen molar-refractivity contribution in [3.05, 3.63) is 54.4 Å². The number of fused-ring (bicyclic) bond motifs is 1. The number of anilines is 2. The number of para-hydroxylation sites is 1. The molecule has 0 aliphatic carbocycles. The van der Waals surface area contributed by atoms with Crippen LogP contribution in [0.2, 0.25) is 0 Å². The number of rotatable bonds is 9. The number of aryl methyl sites for hydroxylation is 1. The van der Waals surface area contributed by atoms with E-state index in [-0.39, 0.29) is 5.97 Å². The topological polar surface area (TPSA) is 64.5 Å². The minimum absolute atomic E-state index is 0.146. The van der Waals surface area contributed by atoms with Gasteiger partial charge in [0.15, 0.2) is 0 Å². The fourth-order valence-electron chi connectivity index (χ4n) is 3.19. The van der Waals surface area contributed by atoms with Crippen LogP contribution in [0.1, 0.15) is 32.0 Å². The summed E-state index contributed by atoms with van der Waals surface area (Å²) in [5.74, 6) is 2.31. The summed E-state index contributed by atoms with van der Waals surface area (Å²) in [4.78, 5) is 23.1. The van der Waals surface area contributed by atoms with Crippen LogP contribution < -0.4 is 9.64 Å². The van der Waals surface area contributed by atoms with Gasteiger partial charge in [-0.2, -0.15) is 0 Å². The van der Waals surface area contributed by atoms with E-state index in [1.165, 1.54) is 0 Å². The summed E-state index contributed by atoms with van der Waals surface area (Å²) in [6, 6.07) is 15.9. The molecule has 2 aromatic carbocycles. The van der Waals surface area contributed by atoms with Crippen molar-refractivity contribution in [3.8, 4) is 5.75 Å². The lowest BCUT2D eigenvalue weighted by Crippen LogP contribution is -2.13. The Morgan fingerprint density at radius 3 is 2.52 bits per heavy atom. The zero-order chi connectivity index (χ0) is 20.6. The molecule has 0 fully saturated rings. The zero-order valence-corrected chi connectivity index (χ0v) is 17.2. The van der Waals surface area contributed by atoms with Gasteiger partial charge in [0.25, 0.3) is 0 Å². The predicted molar refractivity (Wildman–Crippen MR) is 115 cm³/mol. The van der Waals surface area contributed by atoms with Crippen LogP contribution in [0.15, 0.2) is 48.5 Å². The Labute approximate surface area is 171 Å². The van der Waals surface area contributed by atoms with Gasteiger partial charge in [0.05, 0.1) is 19.2 Å². The molecular weight excluding hydrogens is 366 g/mol. The first-order chi connectivity index (χ1) is 14.1. The quantitative estimate of drug-likeness (QED) is 0.388. The van der Waals surface area contributed by atoms with Crippen molar-refractivity contribution < 1.29 is 14.3 Å². The molecule has 6 heteroatoms. The molecule has 3 rings (SSSR count). The molecule has 0 bridgehead atoms. The third-order valence-corrected chi connectivity index (χ3v) is 4.74. The second-order valence-corrected chi connectivity index (χ2v) is 6.75. The van der Waals surface area contributed by atoms with E-state index in [9.17, 15) is 4.79 Å². The Bertz CT molecular complexity index is 957. The summed E-state index contributed by atoms with van der Waals surface area (Å²) >= 11 is 0. The van der Waals surface area contributed by atoms with Crippen LogP contribution in [0.5, 0.6) is 5.75 Å². The Morgan fingerprint density at radius 1 is 1.03 bits per heavy atom. The Morgan fingerprint density at radius 2 is 1.79 bits per heavy atom. The molecule has 29 heavy (non-hydrogen) atoms. The van der Waals surface area contributed by atoms with Gasteiger partial charge in [-0.3, -0.25) is 4.79 Å². The molecule has 0 amide bonds. The highest BCUT2D eigenvalue weighted by molar-refractivity contribution is 5.91. The van der Waals surface area contributed by atoms with Crippen LogP contribution >= 0.6 is 0 Å². The minimum atomic E-state index is -0.146. The molecule has 0 aliphatic heterocycles. The van der Waals surface area contributed by atoms with Crippen LogP contribution in [-0.4, -0.2) is 36.7 Å². The number of unbranched alkanes of at least 4 members (excludes halogenated alkanes) is 1. The van der Waals surface area contributed by atoms with Crippen molar-refractivity contribution in [2.45, 2.75) is 32.6 Å². The van der Waals surface area contributed by atoms with Gasteiger partial charge in [-0.1, -0.05) is 12.1 Å². The van der Waals surface area contributed by atoms with Gasteiger partial charge in [-0.05, 0) is 56.2 Å². The number of esters is 1. The summed E-state index contributed by atoms with van der Waals surface area (Å²) in [5.41, 5.74) is 1.93. The standard InChI is InChI=1S/C23H27N3O3/c1-4-29-22(27)12-8-7-11-21-24-20-10-6-5-9-19(20)23(25-21)26(2)17-13-15-18(28-3)16-14-17/h5-6,9-10,13-16H,4,7-8,11-12H2,1-3H3. The fourth-order valence-corrected chi connectivity index (χ4v) is 3.19. The third kappa shape index (κ3) is 5.22. The van der Waals surface area contributed by atoms with Gasteiger partial charge in [0, 0.05) is 31.0 Å². The molecule has 0 saturated carbocycles. The summed E-state index contributed by atoms with van der Waals surface area (Å²) in [6.45, 7) is 2.25. The maximum absolute atomic E-state index is 11.5. The van der Waals surface area contributed by atoms with Gasteiger partial charge < -0.3 is 14.4 Å². The van der Waals surface area contributed by atoms with Crippen molar-refractivity contribution in [2.75, 3.05) is 25.7 Å². The molecule has 0 aliphatic rings. The highest BCUT2D eigenvalue weighted by Gasteiger charge is 2.13. The molecule has 152 valence electrons. The van der Waals surface area contributed by atoms with Crippen LogP contribution in [-0.2, 0) is 16.0 Å². The van der Waals surface area contributed by atoms with E-state index < -0.39 is 0 Å². The Balaban J connectivity index is 1.81. The molecule has 6 nitrogen and oxygen atoms in total. The summed E-state index contributed by atoms with van der Waals surface area (Å²) in [6.07, 6.45) is 2.75. The van der Waals surface area contributed by atoms with Gasteiger partial charge >= 0.3 is 5.97 Å². The van der Waals surface area contributed by atoms with E-state index >= 15 is 0 Å². The van der Waals surface area contributed by atoms with Crippen LogP contribution in [0.4, 0.5) is 11.5 Å². The smallest absolute Gasteiger partial charge is 0.305 e. The van der Waals surface area contributed by atoms with Gasteiger partial charge in [0.1, 0.15) is 17.4 Å². The number of hydrogen-bond donors (Lipinski definition) is 0. The number of ether oxygens (including phenoxy) is 2. The highest BCUT2D eigenvalue weighted by atomic mass is 16.5. The Hall–Kier alpha value is -3.15. The van der Waals surface area contributed by atoms with Gasteiger partial charge in [-0.25, -0.2) is 9.97 Å². The molecule has 0 radical (unpaired) electrons. The lowest BCUT2D eigenvalue weighted by Gasteiger charge is -2.21. The second kappa shape index (κ2) is 9.87. The first kappa shape index (κ1) is 20.6. The molecule has 0 unspecified atom stereocenters. The van der Waals surface area contributed by atoms with Crippen molar-refractivity contribution in [1.29, 1.82) is 0 Å². The molecule has 3 aromatic rings. The molecule has 0 atom stereocenters. The van der Waals surface area contributed by atoms with E-state index in [1.807, 2.05) is 62.5 Å². The summed E-state index contributed by atoms with van der Waals surface area (Å²) in [7, 11) is 3.66. The molecular formula is C23H27N3O3. The van der Waals surface area contributed by atoms with E-state index in [4.69, 9.17) is 19.4 Å². The van der Waals surface area contributed by atoms with Crippen LogP contribution in [0.3, 0.4) is 0 Å². The van der Waals surface area contributed by atoms with Gasteiger partial charge in [-0.15, -0.1) is 0 Å². The first-order valence-corrected chi connectivity index (χ1v) is 9.91. The number of benzene rings is 2. The molecule has 0 saturated heterocycles. The number of nitrogens with zero attached hydrogens (tertiary/aromatic N) is 3. The normalized spacial score (nSPS) is 10.7. The van der Waals surface area contributed by atoms with E-state index in [0.29, 0.717) is 19.4 Å². The minimum Gasteiger partial charge on any atom is -0.497 e. The van der Waals surface area contributed by atoms with Crippen LogP contribution in [0.25, 0.3) is 10.9 Å². The van der Waals surface area contributed by atoms with Crippen molar-refractivity contribution in [2.24, 2.45) is 0 Å². The van der Waals surface area contributed by atoms with Crippen molar-refractivity contribution in [3.63, 3.8) is 0 Å². The third-order valence-electron chi connectivity index (χ3n) is 4.74. The Kier molecular flexibility index (Phi) is 7.00. The fraction of sp³-hybridized carbons (Fsp3) is 0.348. The highest BCUT2D eigenvalue weighted by Crippen LogP contribution is 2.30. The van der Waals surface area contributed by atoms with Crippen molar-refractivity contribution in [1.82, 2.24) is 9.97 Å². The second-order valence-electron chi connectivity index (χ2n) is 6.75. The van der Waals surface area contributed by atoms with E-state index in [1.54, 1.807) is 7.11 Å². The number of aromatic nitrogens is 2. The number of carbonyl (C=O) groups excluding carboxylic acids is 1. The summed E-state index contributed by atoms with van der Waals surface area (Å²) < 4.78 is 10.2. The molecule has 1 heterocycles. The average molecular weight is 393 g/mol. The zero-order valence-electron chi connectivity index (χ0n) is 17.2. The van der Waals surface area contributed by atoms with Crippen molar-refractivity contribution >= 4 is 28.4 Å². The van der Waals surface area contributed by atoms with Gasteiger partial charge in [0.2, 0.25) is 0 Å². The number of carbonyl (C=O) groups is 1. The number of methoxy groups -OCH3 is 1.